The van der Waals surface area contributed by atoms with Gasteiger partial charge < -0.3 is 10.2 Å². The first-order valence-corrected chi connectivity index (χ1v) is 9.46. The van der Waals surface area contributed by atoms with Crippen molar-refractivity contribution in [2.24, 2.45) is 0 Å². The SMILES string of the molecule is Fc1ccccc1CCNc1cc(-c2ccccc2)nc(N2CCCC2)n1. The van der Waals surface area contributed by atoms with Crippen molar-refractivity contribution in [3.63, 3.8) is 0 Å². The van der Waals surface area contributed by atoms with Gasteiger partial charge >= 0.3 is 0 Å². The van der Waals surface area contributed by atoms with Gasteiger partial charge in [-0.2, -0.15) is 4.98 Å². The molecular formula is C22H23FN4. The number of aromatic nitrogens is 2. The van der Waals surface area contributed by atoms with Crippen LogP contribution in [0.2, 0.25) is 0 Å². The molecular weight excluding hydrogens is 339 g/mol. The minimum Gasteiger partial charge on any atom is -0.370 e. The fraction of sp³-hybridized carbons (Fsp3) is 0.273. The van der Waals surface area contributed by atoms with E-state index in [9.17, 15) is 4.39 Å². The lowest BCUT2D eigenvalue weighted by Gasteiger charge is -2.18. The molecule has 0 amide bonds. The van der Waals surface area contributed by atoms with Crippen LogP contribution < -0.4 is 10.2 Å². The topological polar surface area (TPSA) is 41.1 Å². The average molecular weight is 362 g/mol. The molecule has 1 saturated heterocycles. The first-order chi connectivity index (χ1) is 13.3. The van der Waals surface area contributed by atoms with Crippen LogP contribution in [-0.4, -0.2) is 29.6 Å². The summed E-state index contributed by atoms with van der Waals surface area (Å²) >= 11 is 0. The van der Waals surface area contributed by atoms with Gasteiger partial charge in [0.15, 0.2) is 0 Å². The molecule has 0 spiro atoms. The van der Waals surface area contributed by atoms with Crippen molar-refractivity contribution >= 4 is 11.8 Å². The highest BCUT2D eigenvalue weighted by Gasteiger charge is 2.17. The van der Waals surface area contributed by atoms with Crippen molar-refractivity contribution in [1.29, 1.82) is 0 Å². The number of nitrogens with one attached hydrogen (secondary N) is 1. The summed E-state index contributed by atoms with van der Waals surface area (Å²) in [6, 6.07) is 19.0. The second-order valence-electron chi connectivity index (χ2n) is 6.77. The first kappa shape index (κ1) is 17.5. The van der Waals surface area contributed by atoms with E-state index in [0.717, 1.165) is 36.1 Å². The van der Waals surface area contributed by atoms with Gasteiger partial charge in [-0.15, -0.1) is 0 Å². The largest absolute Gasteiger partial charge is 0.370 e. The number of anilines is 2. The van der Waals surface area contributed by atoms with E-state index >= 15 is 0 Å². The number of hydrogen-bond donors (Lipinski definition) is 1. The number of benzene rings is 2. The molecule has 4 nitrogen and oxygen atoms in total. The predicted octanol–water partition coefficient (Wildman–Crippen LogP) is 4.54. The Kier molecular flexibility index (Phi) is 5.28. The molecule has 2 aromatic carbocycles. The molecule has 0 unspecified atom stereocenters. The smallest absolute Gasteiger partial charge is 0.227 e. The van der Waals surface area contributed by atoms with E-state index in [1.807, 2.05) is 36.4 Å². The van der Waals surface area contributed by atoms with Crippen molar-refractivity contribution in [3.8, 4) is 11.3 Å². The molecule has 0 aliphatic carbocycles. The van der Waals surface area contributed by atoms with E-state index in [1.165, 1.54) is 18.9 Å². The number of halogens is 1. The second kappa shape index (κ2) is 8.16. The van der Waals surface area contributed by atoms with Crippen LogP contribution in [-0.2, 0) is 6.42 Å². The van der Waals surface area contributed by atoms with E-state index in [2.05, 4.69) is 22.3 Å². The summed E-state index contributed by atoms with van der Waals surface area (Å²) in [5.41, 5.74) is 2.68. The Labute approximate surface area is 159 Å². The molecule has 1 aliphatic heterocycles. The standard InChI is InChI=1S/C22H23FN4/c23-19-11-5-4-8-17(19)12-13-24-21-16-20(18-9-2-1-3-10-18)25-22(26-21)27-14-6-7-15-27/h1-5,8-11,16H,6-7,12-15H2,(H,24,25,26). The summed E-state index contributed by atoms with van der Waals surface area (Å²) < 4.78 is 13.8. The third-order valence-corrected chi connectivity index (χ3v) is 4.83. The summed E-state index contributed by atoms with van der Waals surface area (Å²) in [6.45, 7) is 2.60. The maximum atomic E-state index is 13.8. The van der Waals surface area contributed by atoms with E-state index in [4.69, 9.17) is 9.97 Å². The monoisotopic (exact) mass is 362 g/mol. The Bertz CT molecular complexity index is 892. The fourth-order valence-corrected chi connectivity index (χ4v) is 3.37. The summed E-state index contributed by atoms with van der Waals surface area (Å²) in [7, 11) is 0. The van der Waals surface area contributed by atoms with Crippen molar-refractivity contribution in [3.05, 3.63) is 72.0 Å². The Morgan fingerprint density at radius 3 is 2.44 bits per heavy atom. The third-order valence-electron chi connectivity index (χ3n) is 4.83. The number of rotatable bonds is 6. The Balaban J connectivity index is 1.55. The molecule has 1 aliphatic rings. The lowest BCUT2D eigenvalue weighted by atomic mass is 10.1. The Morgan fingerprint density at radius 2 is 1.67 bits per heavy atom. The van der Waals surface area contributed by atoms with E-state index in [0.29, 0.717) is 18.5 Å². The van der Waals surface area contributed by atoms with Crippen molar-refractivity contribution in [2.75, 3.05) is 29.9 Å². The van der Waals surface area contributed by atoms with Gasteiger partial charge in [0.2, 0.25) is 5.95 Å². The van der Waals surface area contributed by atoms with Gasteiger partial charge in [-0.1, -0.05) is 48.5 Å². The van der Waals surface area contributed by atoms with Crippen LogP contribution >= 0.6 is 0 Å². The van der Waals surface area contributed by atoms with Crippen molar-refractivity contribution in [2.45, 2.75) is 19.3 Å². The molecule has 0 saturated carbocycles. The molecule has 1 fully saturated rings. The zero-order chi connectivity index (χ0) is 18.5. The van der Waals surface area contributed by atoms with Gasteiger partial charge in [0.1, 0.15) is 11.6 Å². The second-order valence-corrected chi connectivity index (χ2v) is 6.77. The summed E-state index contributed by atoms with van der Waals surface area (Å²) in [5.74, 6) is 1.38. The fourth-order valence-electron chi connectivity index (χ4n) is 3.37. The molecule has 27 heavy (non-hydrogen) atoms. The van der Waals surface area contributed by atoms with Crippen molar-refractivity contribution < 1.29 is 4.39 Å². The molecule has 1 N–H and O–H groups in total. The van der Waals surface area contributed by atoms with Crippen LogP contribution in [0, 0.1) is 5.82 Å². The lowest BCUT2D eigenvalue weighted by molar-refractivity contribution is 0.610. The molecule has 3 aromatic rings. The minimum absolute atomic E-state index is 0.162. The van der Waals surface area contributed by atoms with Crippen LogP contribution in [0.4, 0.5) is 16.2 Å². The van der Waals surface area contributed by atoms with Crippen LogP contribution in [0.5, 0.6) is 0 Å². The molecule has 5 heteroatoms. The zero-order valence-corrected chi connectivity index (χ0v) is 15.2. The highest BCUT2D eigenvalue weighted by Crippen LogP contribution is 2.24. The van der Waals surface area contributed by atoms with Crippen LogP contribution in [0.15, 0.2) is 60.7 Å². The molecule has 4 rings (SSSR count). The van der Waals surface area contributed by atoms with Crippen LogP contribution in [0.3, 0.4) is 0 Å². The molecule has 0 atom stereocenters. The zero-order valence-electron chi connectivity index (χ0n) is 15.2. The van der Waals surface area contributed by atoms with Gasteiger partial charge in [0.25, 0.3) is 0 Å². The number of nitrogens with zero attached hydrogens (tertiary/aromatic N) is 3. The number of hydrogen-bond acceptors (Lipinski definition) is 4. The minimum atomic E-state index is -0.162. The van der Waals surface area contributed by atoms with Gasteiger partial charge in [-0.3, -0.25) is 0 Å². The Morgan fingerprint density at radius 1 is 0.926 bits per heavy atom. The maximum Gasteiger partial charge on any atom is 0.227 e. The van der Waals surface area contributed by atoms with E-state index < -0.39 is 0 Å². The van der Waals surface area contributed by atoms with Crippen LogP contribution in [0.1, 0.15) is 18.4 Å². The average Bonchev–Trinajstić information content (AvgIpc) is 3.25. The summed E-state index contributed by atoms with van der Waals surface area (Å²) in [6.07, 6.45) is 2.96. The van der Waals surface area contributed by atoms with Crippen molar-refractivity contribution in [1.82, 2.24) is 9.97 Å². The lowest BCUT2D eigenvalue weighted by Crippen LogP contribution is -2.21. The molecule has 2 heterocycles. The molecule has 1 aromatic heterocycles. The third kappa shape index (κ3) is 4.25. The van der Waals surface area contributed by atoms with Gasteiger partial charge in [-0.05, 0) is 30.9 Å². The normalized spacial score (nSPS) is 13.7. The van der Waals surface area contributed by atoms with Gasteiger partial charge in [0.05, 0.1) is 5.69 Å². The van der Waals surface area contributed by atoms with E-state index in [-0.39, 0.29) is 5.82 Å². The summed E-state index contributed by atoms with van der Waals surface area (Å²) in [5, 5.41) is 3.35. The van der Waals surface area contributed by atoms with Crippen LogP contribution in [0.25, 0.3) is 11.3 Å². The predicted molar refractivity (Wildman–Crippen MR) is 108 cm³/mol. The quantitative estimate of drug-likeness (QED) is 0.699. The van der Waals surface area contributed by atoms with Gasteiger partial charge in [0, 0.05) is 31.3 Å². The van der Waals surface area contributed by atoms with Gasteiger partial charge in [-0.25, -0.2) is 9.37 Å². The van der Waals surface area contributed by atoms with E-state index in [1.54, 1.807) is 6.07 Å². The summed E-state index contributed by atoms with van der Waals surface area (Å²) in [4.78, 5) is 11.7. The molecule has 138 valence electrons. The molecule has 0 radical (unpaired) electrons. The maximum absolute atomic E-state index is 13.8. The first-order valence-electron chi connectivity index (χ1n) is 9.46. The molecule has 0 bridgehead atoms. The Hall–Kier alpha value is -2.95. The highest BCUT2D eigenvalue weighted by atomic mass is 19.1. The highest BCUT2D eigenvalue weighted by molar-refractivity contribution is 5.64.